The fourth-order valence-electron chi connectivity index (χ4n) is 2.53. The molecule has 0 spiro atoms. The van der Waals surface area contributed by atoms with Crippen molar-refractivity contribution in [2.24, 2.45) is 0 Å². The molecule has 0 aliphatic heterocycles. The van der Waals surface area contributed by atoms with Crippen LogP contribution in [0.2, 0.25) is 5.54 Å². The SMILES string of the molecule is CCC([SiH3])C(=C(C)C(=O)O)C(C)(OC(C)C)OC(C)C. The summed E-state index contributed by atoms with van der Waals surface area (Å²) < 4.78 is 12.0. The highest BCUT2D eigenvalue weighted by molar-refractivity contribution is 6.14. The minimum absolute atomic E-state index is 0.0407. The molecule has 4 nitrogen and oxygen atoms in total. The molecule has 0 aromatic rings. The summed E-state index contributed by atoms with van der Waals surface area (Å²) in [5.74, 6) is -1.88. The predicted octanol–water partition coefficient (Wildman–Crippen LogP) is 2.52. The Bertz CT molecular complexity index is 351. The van der Waals surface area contributed by atoms with Crippen molar-refractivity contribution < 1.29 is 19.4 Å². The number of carboxylic acids is 1. The first-order chi connectivity index (χ1) is 9.05. The molecule has 0 fully saturated rings. The fourth-order valence-corrected chi connectivity index (χ4v) is 3.49. The van der Waals surface area contributed by atoms with Gasteiger partial charge in [-0.05, 0) is 52.7 Å². The molecule has 0 aliphatic rings. The third kappa shape index (κ3) is 5.38. The standard InChI is InChI=1S/C15H30O4Si/c1-8-12(20)13(11(6)14(16)17)15(7,18-9(2)3)19-10(4)5/h9-10,12H,8H2,1-7,20H3,(H,16,17). The van der Waals surface area contributed by atoms with Crippen molar-refractivity contribution in [3.05, 3.63) is 11.1 Å². The van der Waals surface area contributed by atoms with Gasteiger partial charge in [-0.25, -0.2) is 4.79 Å². The van der Waals surface area contributed by atoms with Crippen molar-refractivity contribution in [2.45, 2.75) is 78.4 Å². The molecule has 1 atom stereocenters. The van der Waals surface area contributed by atoms with E-state index in [1.807, 2.05) is 34.6 Å². The lowest BCUT2D eigenvalue weighted by Crippen LogP contribution is -2.42. The molecule has 0 saturated carbocycles. The molecule has 1 N–H and O–H groups in total. The largest absolute Gasteiger partial charge is 0.478 e. The van der Waals surface area contributed by atoms with E-state index in [2.05, 4.69) is 6.92 Å². The second kappa shape index (κ2) is 7.95. The van der Waals surface area contributed by atoms with Crippen molar-refractivity contribution in [3.63, 3.8) is 0 Å². The molecule has 0 heterocycles. The van der Waals surface area contributed by atoms with Gasteiger partial charge < -0.3 is 14.6 Å². The molecule has 0 aliphatic carbocycles. The first kappa shape index (κ1) is 19.3. The van der Waals surface area contributed by atoms with E-state index >= 15 is 0 Å². The monoisotopic (exact) mass is 302 g/mol. The van der Waals surface area contributed by atoms with Crippen molar-refractivity contribution >= 4 is 16.2 Å². The van der Waals surface area contributed by atoms with Gasteiger partial charge in [-0.2, -0.15) is 0 Å². The zero-order valence-electron chi connectivity index (χ0n) is 14.1. The second-order valence-electron chi connectivity index (χ2n) is 5.93. The summed E-state index contributed by atoms with van der Waals surface area (Å²) in [7, 11) is 0.867. The molecule has 118 valence electrons. The van der Waals surface area contributed by atoms with Crippen LogP contribution in [-0.2, 0) is 14.3 Å². The van der Waals surface area contributed by atoms with Crippen LogP contribution in [0.25, 0.3) is 0 Å². The Hall–Kier alpha value is -0.653. The van der Waals surface area contributed by atoms with E-state index in [0.717, 1.165) is 22.2 Å². The van der Waals surface area contributed by atoms with E-state index in [0.29, 0.717) is 5.57 Å². The van der Waals surface area contributed by atoms with Gasteiger partial charge in [0.05, 0.1) is 12.2 Å². The zero-order valence-corrected chi connectivity index (χ0v) is 16.1. The number of rotatable bonds is 8. The van der Waals surface area contributed by atoms with Gasteiger partial charge in [-0.1, -0.05) is 13.3 Å². The summed E-state index contributed by atoms with van der Waals surface area (Å²) in [6.07, 6.45) is 0.812. The number of aliphatic carboxylic acids is 1. The Morgan fingerprint density at radius 2 is 1.60 bits per heavy atom. The van der Waals surface area contributed by atoms with E-state index in [1.54, 1.807) is 6.92 Å². The van der Waals surface area contributed by atoms with Gasteiger partial charge in [-0.15, -0.1) is 0 Å². The number of hydrogen-bond donors (Lipinski definition) is 1. The molecular formula is C15H30O4Si. The molecule has 0 bridgehead atoms. The Morgan fingerprint density at radius 3 is 1.85 bits per heavy atom. The predicted molar refractivity (Wildman–Crippen MR) is 85.2 cm³/mol. The molecule has 0 radical (unpaired) electrons. The third-order valence-corrected chi connectivity index (χ3v) is 4.63. The highest BCUT2D eigenvalue weighted by Gasteiger charge is 2.38. The number of hydrogen-bond acceptors (Lipinski definition) is 3. The van der Waals surface area contributed by atoms with Crippen molar-refractivity contribution in [2.75, 3.05) is 0 Å². The quantitative estimate of drug-likeness (QED) is 0.425. The summed E-state index contributed by atoms with van der Waals surface area (Å²) in [4.78, 5) is 11.4. The molecule has 1 unspecified atom stereocenters. The van der Waals surface area contributed by atoms with Crippen LogP contribution in [0, 0.1) is 0 Å². The van der Waals surface area contributed by atoms with Gasteiger partial charge in [0.25, 0.3) is 0 Å². The molecule has 0 saturated heterocycles. The highest BCUT2D eigenvalue weighted by atomic mass is 28.1. The second-order valence-corrected chi connectivity index (χ2v) is 7.33. The third-order valence-electron chi connectivity index (χ3n) is 3.24. The maximum absolute atomic E-state index is 11.4. The molecule has 0 amide bonds. The Labute approximate surface area is 126 Å². The normalized spacial score (nSPS) is 15.7. The van der Waals surface area contributed by atoms with Crippen LogP contribution < -0.4 is 0 Å². The first-order valence-corrected chi connectivity index (χ1v) is 8.50. The average molecular weight is 302 g/mol. The summed E-state index contributed by atoms with van der Waals surface area (Å²) in [5.41, 5.74) is 1.34. The van der Waals surface area contributed by atoms with Gasteiger partial charge in [0, 0.05) is 15.8 Å². The van der Waals surface area contributed by atoms with Crippen molar-refractivity contribution in [1.29, 1.82) is 0 Å². The maximum Gasteiger partial charge on any atom is 0.331 e. The number of carbonyl (C=O) groups is 1. The van der Waals surface area contributed by atoms with Crippen LogP contribution in [0.3, 0.4) is 0 Å². The summed E-state index contributed by atoms with van der Waals surface area (Å²) in [6.45, 7) is 13.3. The van der Waals surface area contributed by atoms with Gasteiger partial charge in [-0.3, -0.25) is 0 Å². The van der Waals surface area contributed by atoms with E-state index in [9.17, 15) is 9.90 Å². The van der Waals surface area contributed by atoms with E-state index in [4.69, 9.17) is 9.47 Å². The Morgan fingerprint density at radius 1 is 1.20 bits per heavy atom. The minimum Gasteiger partial charge on any atom is -0.478 e. The molecule has 0 aromatic carbocycles. The summed E-state index contributed by atoms with van der Waals surface area (Å²) in [6, 6.07) is 0. The molecule has 0 rings (SSSR count). The Kier molecular flexibility index (Phi) is 7.69. The van der Waals surface area contributed by atoms with Crippen molar-refractivity contribution in [3.8, 4) is 0 Å². The van der Waals surface area contributed by atoms with Crippen LogP contribution in [0.4, 0.5) is 0 Å². The highest BCUT2D eigenvalue weighted by Crippen LogP contribution is 2.37. The lowest BCUT2D eigenvalue weighted by molar-refractivity contribution is -0.235. The van der Waals surface area contributed by atoms with Crippen molar-refractivity contribution in [1.82, 2.24) is 0 Å². The van der Waals surface area contributed by atoms with Crippen LogP contribution in [0.15, 0.2) is 11.1 Å². The maximum atomic E-state index is 11.4. The molecular weight excluding hydrogens is 272 g/mol. The first-order valence-electron chi connectivity index (χ1n) is 7.35. The van der Waals surface area contributed by atoms with Gasteiger partial charge in [0.15, 0.2) is 5.79 Å². The summed E-state index contributed by atoms with van der Waals surface area (Å²) >= 11 is 0. The molecule has 20 heavy (non-hydrogen) atoms. The number of ether oxygens (including phenoxy) is 2. The van der Waals surface area contributed by atoms with Crippen LogP contribution in [0.5, 0.6) is 0 Å². The lowest BCUT2D eigenvalue weighted by Gasteiger charge is -2.39. The Balaban J connectivity index is 5.88. The van der Waals surface area contributed by atoms with Crippen LogP contribution >= 0.6 is 0 Å². The van der Waals surface area contributed by atoms with E-state index in [1.165, 1.54) is 0 Å². The van der Waals surface area contributed by atoms with Gasteiger partial charge in [0.1, 0.15) is 0 Å². The topological polar surface area (TPSA) is 55.8 Å². The smallest absolute Gasteiger partial charge is 0.331 e. The fraction of sp³-hybridized carbons (Fsp3) is 0.800. The minimum atomic E-state index is -0.979. The van der Waals surface area contributed by atoms with Gasteiger partial charge >= 0.3 is 5.97 Å². The zero-order chi connectivity index (χ0) is 16.1. The number of carboxylic acid groups (broad SMARTS) is 1. The molecule has 5 heteroatoms. The molecule has 0 aromatic heterocycles. The van der Waals surface area contributed by atoms with E-state index < -0.39 is 11.8 Å². The van der Waals surface area contributed by atoms with E-state index in [-0.39, 0.29) is 17.7 Å². The summed E-state index contributed by atoms with van der Waals surface area (Å²) in [5, 5.41) is 9.37. The average Bonchev–Trinajstić information content (AvgIpc) is 2.25. The lowest BCUT2D eigenvalue weighted by atomic mass is 9.95. The van der Waals surface area contributed by atoms with Crippen LogP contribution in [0.1, 0.15) is 54.9 Å². The van der Waals surface area contributed by atoms with Gasteiger partial charge in [0.2, 0.25) is 0 Å². The van der Waals surface area contributed by atoms with Crippen LogP contribution in [-0.4, -0.2) is 39.3 Å².